The number of rotatable bonds is 3. The van der Waals surface area contributed by atoms with E-state index in [9.17, 15) is 4.39 Å². The van der Waals surface area contributed by atoms with Crippen LogP contribution in [-0.2, 0) is 0 Å². The van der Waals surface area contributed by atoms with Gasteiger partial charge in [0.25, 0.3) is 0 Å². The molecule has 0 unspecified atom stereocenters. The summed E-state index contributed by atoms with van der Waals surface area (Å²) in [6, 6.07) is 6.00. The lowest BCUT2D eigenvalue weighted by Gasteiger charge is -2.41. The fourth-order valence-electron chi connectivity index (χ4n) is 3.91. The molecule has 1 aromatic rings. The lowest BCUT2D eigenvalue weighted by atomic mass is 9.80. The molecule has 1 saturated heterocycles. The van der Waals surface area contributed by atoms with Gasteiger partial charge in [-0.05, 0) is 40.8 Å². The quantitative estimate of drug-likeness (QED) is 0.814. The van der Waals surface area contributed by atoms with E-state index in [4.69, 9.17) is 0 Å². The molecular formula is C17H25BrClFN2. The van der Waals surface area contributed by atoms with Gasteiger partial charge in [0, 0.05) is 37.8 Å². The van der Waals surface area contributed by atoms with E-state index < -0.39 is 0 Å². The Hall–Kier alpha value is -0.160. The Morgan fingerprint density at radius 2 is 1.82 bits per heavy atom. The molecule has 3 rings (SSSR count). The minimum absolute atomic E-state index is 0. The Bertz CT molecular complexity index is 456. The molecular weight excluding hydrogens is 367 g/mol. The van der Waals surface area contributed by atoms with Crippen molar-refractivity contribution in [2.45, 2.75) is 38.1 Å². The molecule has 2 aliphatic rings. The second-order valence-electron chi connectivity index (χ2n) is 6.27. The number of piperazine rings is 1. The molecule has 0 spiro atoms. The number of hydrogen-bond acceptors (Lipinski definition) is 2. The summed E-state index contributed by atoms with van der Waals surface area (Å²) in [7, 11) is 0. The van der Waals surface area contributed by atoms with Gasteiger partial charge in [-0.15, -0.1) is 12.4 Å². The minimum atomic E-state index is -0.0633. The summed E-state index contributed by atoms with van der Waals surface area (Å²) < 4.78 is 15.3. The molecule has 2 nitrogen and oxygen atoms in total. The number of hydrogen-bond donors (Lipinski definition) is 1. The van der Waals surface area contributed by atoms with Crippen LogP contribution in [-0.4, -0.2) is 31.1 Å². The zero-order chi connectivity index (χ0) is 14.7. The van der Waals surface area contributed by atoms with Crippen molar-refractivity contribution in [1.82, 2.24) is 10.2 Å². The average Bonchev–Trinajstić information content (AvgIpc) is 2.54. The van der Waals surface area contributed by atoms with E-state index in [0.29, 0.717) is 10.4 Å². The molecule has 22 heavy (non-hydrogen) atoms. The van der Waals surface area contributed by atoms with Crippen molar-refractivity contribution < 1.29 is 4.39 Å². The molecule has 1 aromatic carbocycles. The molecule has 0 aromatic heterocycles. The highest BCUT2D eigenvalue weighted by molar-refractivity contribution is 9.10. The van der Waals surface area contributed by atoms with Crippen molar-refractivity contribution in [3.8, 4) is 0 Å². The predicted octanol–water partition coefficient (Wildman–Crippen LogP) is 4.54. The second-order valence-corrected chi connectivity index (χ2v) is 7.13. The number of nitrogens with zero attached hydrogens (tertiary/aromatic N) is 1. The van der Waals surface area contributed by atoms with Gasteiger partial charge in [-0.2, -0.15) is 0 Å². The number of benzene rings is 1. The molecule has 2 fully saturated rings. The van der Waals surface area contributed by atoms with E-state index in [0.717, 1.165) is 31.7 Å². The Balaban J connectivity index is 0.00000176. The zero-order valence-corrected chi connectivity index (χ0v) is 15.3. The van der Waals surface area contributed by atoms with Crippen molar-refractivity contribution in [2.24, 2.45) is 5.92 Å². The summed E-state index contributed by atoms with van der Waals surface area (Å²) >= 11 is 3.36. The van der Waals surface area contributed by atoms with E-state index in [1.54, 1.807) is 6.07 Å². The monoisotopic (exact) mass is 390 g/mol. The Labute approximate surface area is 147 Å². The van der Waals surface area contributed by atoms with E-state index in [2.05, 4.69) is 26.1 Å². The molecule has 1 heterocycles. The van der Waals surface area contributed by atoms with Crippen LogP contribution in [0.15, 0.2) is 22.7 Å². The van der Waals surface area contributed by atoms with Crippen molar-refractivity contribution in [3.63, 3.8) is 0 Å². The SMILES string of the molecule is Cl.Fc1c(Br)cccc1[C@H](C1CCCCC1)N1CCNCC1. The normalized spacial score (nSPS) is 22.1. The summed E-state index contributed by atoms with van der Waals surface area (Å²) in [6.45, 7) is 4.07. The van der Waals surface area contributed by atoms with Gasteiger partial charge in [0.15, 0.2) is 0 Å². The maximum absolute atomic E-state index is 14.7. The van der Waals surface area contributed by atoms with Crippen LogP contribution in [0.4, 0.5) is 4.39 Å². The average molecular weight is 392 g/mol. The van der Waals surface area contributed by atoms with Crippen LogP contribution in [0.2, 0.25) is 0 Å². The summed E-state index contributed by atoms with van der Waals surface area (Å²) in [4.78, 5) is 2.50. The van der Waals surface area contributed by atoms with Crippen LogP contribution in [0.1, 0.15) is 43.7 Å². The van der Waals surface area contributed by atoms with E-state index in [1.165, 1.54) is 32.1 Å². The van der Waals surface area contributed by atoms with Gasteiger partial charge in [-0.25, -0.2) is 4.39 Å². The largest absolute Gasteiger partial charge is 0.314 e. The first kappa shape index (κ1) is 18.2. The fraction of sp³-hybridized carbons (Fsp3) is 0.647. The third kappa shape index (κ3) is 4.02. The lowest BCUT2D eigenvalue weighted by Crippen LogP contribution is -2.47. The molecule has 124 valence electrons. The summed E-state index contributed by atoms with van der Waals surface area (Å²) in [5, 5.41) is 3.41. The summed E-state index contributed by atoms with van der Waals surface area (Å²) in [5.74, 6) is 0.534. The van der Waals surface area contributed by atoms with Gasteiger partial charge in [-0.3, -0.25) is 4.90 Å². The molecule has 0 radical (unpaired) electrons. The van der Waals surface area contributed by atoms with E-state index in [-0.39, 0.29) is 24.3 Å². The maximum Gasteiger partial charge on any atom is 0.142 e. The molecule has 0 bridgehead atoms. The Morgan fingerprint density at radius 1 is 1.14 bits per heavy atom. The van der Waals surface area contributed by atoms with Gasteiger partial charge in [0.1, 0.15) is 5.82 Å². The van der Waals surface area contributed by atoms with E-state index in [1.807, 2.05) is 12.1 Å². The van der Waals surface area contributed by atoms with Gasteiger partial charge in [-0.1, -0.05) is 31.4 Å². The molecule has 1 saturated carbocycles. The van der Waals surface area contributed by atoms with Gasteiger partial charge in [0.2, 0.25) is 0 Å². The molecule has 1 atom stereocenters. The zero-order valence-electron chi connectivity index (χ0n) is 12.9. The van der Waals surface area contributed by atoms with Gasteiger partial charge in [0.05, 0.1) is 4.47 Å². The number of nitrogens with one attached hydrogen (secondary N) is 1. The third-order valence-corrected chi connectivity index (χ3v) is 5.55. The van der Waals surface area contributed by atoms with Crippen molar-refractivity contribution in [1.29, 1.82) is 0 Å². The molecule has 1 N–H and O–H groups in total. The molecule has 5 heteroatoms. The van der Waals surface area contributed by atoms with Gasteiger partial charge >= 0.3 is 0 Å². The third-order valence-electron chi connectivity index (χ3n) is 4.94. The second kappa shape index (κ2) is 8.62. The van der Waals surface area contributed by atoms with Crippen molar-refractivity contribution in [3.05, 3.63) is 34.1 Å². The first-order chi connectivity index (χ1) is 10.3. The highest BCUT2D eigenvalue weighted by atomic mass is 79.9. The van der Waals surface area contributed by atoms with Crippen LogP contribution in [0.25, 0.3) is 0 Å². The van der Waals surface area contributed by atoms with Crippen LogP contribution >= 0.6 is 28.3 Å². The Kier molecular flexibility index (Phi) is 7.13. The van der Waals surface area contributed by atoms with E-state index >= 15 is 0 Å². The first-order valence-corrected chi connectivity index (χ1v) is 8.95. The van der Waals surface area contributed by atoms with Crippen molar-refractivity contribution >= 4 is 28.3 Å². The predicted molar refractivity (Wildman–Crippen MR) is 95.1 cm³/mol. The summed E-state index contributed by atoms with van der Waals surface area (Å²) in [6.07, 6.45) is 6.40. The number of halogens is 3. The molecule has 0 amide bonds. The van der Waals surface area contributed by atoms with Crippen LogP contribution in [0.3, 0.4) is 0 Å². The molecule has 1 aliphatic carbocycles. The first-order valence-electron chi connectivity index (χ1n) is 8.16. The lowest BCUT2D eigenvalue weighted by molar-refractivity contribution is 0.100. The Morgan fingerprint density at radius 3 is 2.50 bits per heavy atom. The summed E-state index contributed by atoms with van der Waals surface area (Å²) in [5.41, 5.74) is 0.887. The highest BCUT2D eigenvalue weighted by Crippen LogP contribution is 2.40. The topological polar surface area (TPSA) is 15.3 Å². The minimum Gasteiger partial charge on any atom is -0.314 e. The van der Waals surface area contributed by atoms with Crippen LogP contribution in [0.5, 0.6) is 0 Å². The van der Waals surface area contributed by atoms with Crippen LogP contribution in [0, 0.1) is 11.7 Å². The molecule has 1 aliphatic heterocycles. The van der Waals surface area contributed by atoms with Crippen LogP contribution < -0.4 is 5.32 Å². The maximum atomic E-state index is 14.7. The highest BCUT2D eigenvalue weighted by Gasteiger charge is 2.32. The fourth-order valence-corrected chi connectivity index (χ4v) is 4.29. The standard InChI is InChI=1S/C17H24BrFN2.ClH/c18-15-8-4-7-14(16(15)19)17(13-5-2-1-3-6-13)21-11-9-20-10-12-21;/h4,7-8,13,17,20H,1-3,5-6,9-12H2;1H/t17-;/m0./s1. The van der Waals surface area contributed by atoms with Crippen molar-refractivity contribution in [2.75, 3.05) is 26.2 Å². The smallest absolute Gasteiger partial charge is 0.142 e. The van der Waals surface area contributed by atoms with Gasteiger partial charge < -0.3 is 5.32 Å².